The predicted molar refractivity (Wildman–Crippen MR) is 113 cm³/mol. The van der Waals surface area contributed by atoms with Gasteiger partial charge in [-0.05, 0) is 76.4 Å². The second kappa shape index (κ2) is 8.62. The summed E-state index contributed by atoms with van der Waals surface area (Å²) in [6, 6.07) is 9.59. The second-order valence-corrected chi connectivity index (χ2v) is 8.57. The monoisotopic (exact) mass is 395 g/mol. The number of pyridine rings is 1. The van der Waals surface area contributed by atoms with E-state index in [1.54, 1.807) is 11.0 Å². The zero-order chi connectivity index (χ0) is 20.4. The molecule has 0 bridgehead atoms. The normalized spacial score (nSPS) is 18.6. The van der Waals surface area contributed by atoms with Crippen molar-refractivity contribution in [3.05, 3.63) is 53.6 Å². The summed E-state index contributed by atoms with van der Waals surface area (Å²) < 4.78 is 14.6. The van der Waals surface area contributed by atoms with Gasteiger partial charge in [-0.25, -0.2) is 4.39 Å². The molecule has 0 N–H and O–H groups in total. The molecule has 0 spiro atoms. The largest absolute Gasteiger partial charge is 0.339 e. The van der Waals surface area contributed by atoms with Gasteiger partial charge in [-0.2, -0.15) is 0 Å². The number of piperidine rings is 1. The molecule has 0 aliphatic carbocycles. The van der Waals surface area contributed by atoms with Crippen LogP contribution in [0.2, 0.25) is 0 Å². The number of likely N-dealkylation sites (tertiary alicyclic amines) is 2. The Bertz CT molecular complexity index is 851. The number of carbonyl (C=O) groups is 1. The lowest BCUT2D eigenvalue weighted by molar-refractivity contribution is 0.0788. The average molecular weight is 396 g/mol. The Kier molecular flexibility index (Phi) is 5.95. The Morgan fingerprint density at radius 3 is 2.31 bits per heavy atom. The van der Waals surface area contributed by atoms with Crippen LogP contribution in [0, 0.1) is 5.82 Å². The van der Waals surface area contributed by atoms with Crippen LogP contribution in [-0.2, 0) is 0 Å². The molecule has 2 aliphatic heterocycles. The topological polar surface area (TPSA) is 36.4 Å². The summed E-state index contributed by atoms with van der Waals surface area (Å²) in [5.74, 6) is -0.159. The molecule has 154 valence electrons. The highest BCUT2D eigenvalue weighted by molar-refractivity contribution is 5.95. The zero-order valence-corrected chi connectivity index (χ0v) is 17.4. The summed E-state index contributed by atoms with van der Waals surface area (Å²) in [6.07, 6.45) is 6.10. The Balaban J connectivity index is 1.45. The third-order valence-corrected chi connectivity index (χ3v) is 6.39. The molecule has 1 aromatic heterocycles. The van der Waals surface area contributed by atoms with Gasteiger partial charge in [0, 0.05) is 42.5 Å². The Labute approximate surface area is 172 Å². The van der Waals surface area contributed by atoms with E-state index >= 15 is 0 Å². The van der Waals surface area contributed by atoms with E-state index in [9.17, 15) is 9.18 Å². The summed E-state index contributed by atoms with van der Waals surface area (Å²) in [6.45, 7) is 8.17. The van der Waals surface area contributed by atoms with E-state index in [1.807, 2.05) is 18.3 Å². The van der Waals surface area contributed by atoms with Crippen molar-refractivity contribution in [2.75, 3.05) is 26.2 Å². The van der Waals surface area contributed by atoms with E-state index in [0.29, 0.717) is 12.0 Å². The first-order chi connectivity index (χ1) is 14.0. The number of halogens is 1. The standard InChI is InChI=1S/C24H30FN3O/c1-17(2)27-13-9-18(10-14-27)23-8-6-20(16-26-23)19-5-7-21(22(25)15-19)24(29)28-11-3-4-12-28/h5-8,15-18H,3-4,9-14H2,1-2H3. The summed E-state index contributed by atoms with van der Waals surface area (Å²) in [4.78, 5) is 21.4. The van der Waals surface area contributed by atoms with Gasteiger partial charge in [0.05, 0.1) is 5.56 Å². The van der Waals surface area contributed by atoms with Crippen LogP contribution in [0.3, 0.4) is 0 Å². The van der Waals surface area contributed by atoms with Crippen molar-refractivity contribution in [1.29, 1.82) is 0 Å². The fourth-order valence-corrected chi connectivity index (χ4v) is 4.49. The summed E-state index contributed by atoms with van der Waals surface area (Å²) >= 11 is 0. The van der Waals surface area contributed by atoms with Gasteiger partial charge in [0.25, 0.3) is 5.91 Å². The maximum Gasteiger partial charge on any atom is 0.256 e. The van der Waals surface area contributed by atoms with E-state index in [1.165, 1.54) is 6.07 Å². The van der Waals surface area contributed by atoms with Gasteiger partial charge < -0.3 is 9.80 Å². The van der Waals surface area contributed by atoms with Crippen molar-refractivity contribution in [1.82, 2.24) is 14.8 Å². The van der Waals surface area contributed by atoms with Crippen LogP contribution in [0.15, 0.2) is 36.5 Å². The lowest BCUT2D eigenvalue weighted by Gasteiger charge is -2.34. The third kappa shape index (κ3) is 4.35. The molecule has 2 aliphatic rings. The number of aromatic nitrogens is 1. The number of amides is 1. The van der Waals surface area contributed by atoms with E-state index < -0.39 is 5.82 Å². The van der Waals surface area contributed by atoms with Crippen molar-refractivity contribution in [2.24, 2.45) is 0 Å². The lowest BCUT2D eigenvalue weighted by atomic mass is 9.92. The van der Waals surface area contributed by atoms with Crippen molar-refractivity contribution in [2.45, 2.75) is 51.5 Å². The molecule has 0 unspecified atom stereocenters. The minimum Gasteiger partial charge on any atom is -0.339 e. The molecule has 29 heavy (non-hydrogen) atoms. The fraction of sp³-hybridized carbons (Fsp3) is 0.500. The van der Waals surface area contributed by atoms with E-state index in [0.717, 1.165) is 68.7 Å². The van der Waals surface area contributed by atoms with Gasteiger partial charge in [-0.15, -0.1) is 0 Å². The van der Waals surface area contributed by atoms with Gasteiger partial charge in [-0.3, -0.25) is 9.78 Å². The van der Waals surface area contributed by atoms with Gasteiger partial charge in [0.1, 0.15) is 5.82 Å². The molecular formula is C24H30FN3O. The smallest absolute Gasteiger partial charge is 0.256 e. The third-order valence-electron chi connectivity index (χ3n) is 6.39. The number of hydrogen-bond donors (Lipinski definition) is 0. The van der Waals surface area contributed by atoms with E-state index in [2.05, 4.69) is 29.8 Å². The van der Waals surface area contributed by atoms with Crippen molar-refractivity contribution in [3.8, 4) is 11.1 Å². The van der Waals surface area contributed by atoms with Crippen LogP contribution < -0.4 is 0 Å². The van der Waals surface area contributed by atoms with Crippen molar-refractivity contribution in [3.63, 3.8) is 0 Å². The molecule has 2 saturated heterocycles. The molecule has 5 heteroatoms. The summed E-state index contributed by atoms with van der Waals surface area (Å²) in [5.41, 5.74) is 2.93. The fourth-order valence-electron chi connectivity index (χ4n) is 4.49. The Morgan fingerprint density at radius 1 is 1.03 bits per heavy atom. The highest BCUT2D eigenvalue weighted by Crippen LogP contribution is 2.29. The summed E-state index contributed by atoms with van der Waals surface area (Å²) in [5, 5.41) is 0. The average Bonchev–Trinajstić information content (AvgIpc) is 3.28. The van der Waals surface area contributed by atoms with Crippen molar-refractivity contribution < 1.29 is 9.18 Å². The van der Waals surface area contributed by atoms with Crippen LogP contribution in [-0.4, -0.2) is 52.9 Å². The second-order valence-electron chi connectivity index (χ2n) is 8.57. The summed E-state index contributed by atoms with van der Waals surface area (Å²) in [7, 11) is 0. The SMILES string of the molecule is CC(C)N1CCC(c2ccc(-c3ccc(C(=O)N4CCCC4)c(F)c3)cn2)CC1. The van der Waals surface area contributed by atoms with Crippen LogP contribution in [0.1, 0.15) is 61.5 Å². The Morgan fingerprint density at radius 2 is 1.72 bits per heavy atom. The number of rotatable bonds is 4. The molecule has 1 amide bonds. The van der Waals surface area contributed by atoms with Crippen LogP contribution in [0.5, 0.6) is 0 Å². The van der Waals surface area contributed by atoms with E-state index in [-0.39, 0.29) is 11.5 Å². The first-order valence-corrected chi connectivity index (χ1v) is 10.8. The quantitative estimate of drug-likeness (QED) is 0.752. The van der Waals surface area contributed by atoms with Crippen molar-refractivity contribution >= 4 is 5.91 Å². The minimum absolute atomic E-state index is 0.164. The van der Waals surface area contributed by atoms with Crippen LogP contribution >= 0.6 is 0 Å². The van der Waals surface area contributed by atoms with Gasteiger partial charge in [-0.1, -0.05) is 12.1 Å². The molecule has 3 heterocycles. The molecule has 2 fully saturated rings. The highest BCUT2D eigenvalue weighted by Gasteiger charge is 2.24. The number of benzene rings is 1. The first kappa shape index (κ1) is 20.0. The zero-order valence-electron chi connectivity index (χ0n) is 17.4. The molecule has 4 nitrogen and oxygen atoms in total. The van der Waals surface area contributed by atoms with E-state index in [4.69, 9.17) is 0 Å². The molecule has 0 radical (unpaired) electrons. The van der Waals surface area contributed by atoms with Crippen LogP contribution in [0.25, 0.3) is 11.1 Å². The molecule has 4 rings (SSSR count). The maximum atomic E-state index is 14.6. The Hall–Kier alpha value is -2.27. The number of hydrogen-bond acceptors (Lipinski definition) is 3. The molecule has 0 atom stereocenters. The lowest BCUT2D eigenvalue weighted by Crippen LogP contribution is -2.37. The first-order valence-electron chi connectivity index (χ1n) is 10.8. The number of nitrogens with zero attached hydrogens (tertiary/aromatic N) is 3. The highest BCUT2D eigenvalue weighted by atomic mass is 19.1. The van der Waals surface area contributed by atoms with Gasteiger partial charge in [0.15, 0.2) is 0 Å². The molecule has 1 aromatic carbocycles. The molecular weight excluding hydrogens is 365 g/mol. The van der Waals surface area contributed by atoms with Gasteiger partial charge >= 0.3 is 0 Å². The minimum atomic E-state index is -0.454. The maximum absolute atomic E-state index is 14.6. The predicted octanol–water partition coefficient (Wildman–Crippen LogP) is 4.71. The molecule has 2 aromatic rings. The van der Waals surface area contributed by atoms with Crippen LogP contribution in [0.4, 0.5) is 4.39 Å². The number of carbonyl (C=O) groups excluding carboxylic acids is 1. The van der Waals surface area contributed by atoms with Gasteiger partial charge in [0.2, 0.25) is 0 Å². The molecule has 0 saturated carbocycles.